The third-order valence-electron chi connectivity index (χ3n) is 2.47. The SMILES string of the molecule is CCNC(C)C(F)(CCCN)COC. The van der Waals surface area contributed by atoms with Crippen LogP contribution in [0.15, 0.2) is 0 Å². The van der Waals surface area contributed by atoms with Gasteiger partial charge in [0.25, 0.3) is 0 Å². The van der Waals surface area contributed by atoms with E-state index in [0.717, 1.165) is 6.54 Å². The molecule has 3 nitrogen and oxygen atoms in total. The van der Waals surface area contributed by atoms with Gasteiger partial charge in [0, 0.05) is 13.2 Å². The van der Waals surface area contributed by atoms with Gasteiger partial charge in [0.2, 0.25) is 0 Å². The summed E-state index contributed by atoms with van der Waals surface area (Å²) >= 11 is 0. The van der Waals surface area contributed by atoms with Crippen LogP contribution < -0.4 is 11.1 Å². The van der Waals surface area contributed by atoms with E-state index in [1.54, 1.807) is 0 Å². The summed E-state index contributed by atoms with van der Waals surface area (Å²) in [5.41, 5.74) is 4.08. The number of hydrogen-bond donors (Lipinski definition) is 2. The zero-order chi connectivity index (χ0) is 11.0. The molecule has 0 saturated heterocycles. The maximum absolute atomic E-state index is 14.3. The van der Waals surface area contributed by atoms with Crippen molar-refractivity contribution in [1.29, 1.82) is 0 Å². The number of ether oxygens (including phenoxy) is 1. The first-order valence-corrected chi connectivity index (χ1v) is 5.22. The summed E-state index contributed by atoms with van der Waals surface area (Å²) < 4.78 is 19.2. The predicted octanol–water partition coefficient (Wildman–Crippen LogP) is 1.08. The second kappa shape index (κ2) is 7.15. The molecule has 86 valence electrons. The first kappa shape index (κ1) is 13.8. The maximum atomic E-state index is 14.3. The molecule has 0 fully saturated rings. The summed E-state index contributed by atoms with van der Waals surface area (Å²) in [6.07, 6.45) is 1.14. The largest absolute Gasteiger partial charge is 0.381 e. The highest BCUT2D eigenvalue weighted by Crippen LogP contribution is 2.23. The Morgan fingerprint density at radius 2 is 2.21 bits per heavy atom. The minimum absolute atomic E-state index is 0.126. The Balaban J connectivity index is 4.19. The van der Waals surface area contributed by atoms with Crippen LogP contribution in [0.5, 0.6) is 0 Å². The molecule has 0 aliphatic carbocycles. The molecule has 14 heavy (non-hydrogen) atoms. The summed E-state index contributed by atoms with van der Waals surface area (Å²) in [5.74, 6) is 0. The van der Waals surface area contributed by atoms with E-state index >= 15 is 0 Å². The number of nitrogens with one attached hydrogen (secondary N) is 1. The van der Waals surface area contributed by atoms with Crippen molar-refractivity contribution in [2.24, 2.45) is 5.73 Å². The average Bonchev–Trinajstić information content (AvgIpc) is 2.15. The van der Waals surface area contributed by atoms with Gasteiger partial charge in [-0.2, -0.15) is 0 Å². The van der Waals surface area contributed by atoms with E-state index in [2.05, 4.69) is 5.32 Å². The third-order valence-corrected chi connectivity index (χ3v) is 2.47. The first-order valence-electron chi connectivity index (χ1n) is 5.22. The van der Waals surface area contributed by atoms with Crippen molar-refractivity contribution in [1.82, 2.24) is 5.32 Å². The zero-order valence-corrected chi connectivity index (χ0v) is 9.48. The van der Waals surface area contributed by atoms with Crippen LogP contribution >= 0.6 is 0 Å². The van der Waals surface area contributed by atoms with Crippen molar-refractivity contribution in [3.05, 3.63) is 0 Å². The Morgan fingerprint density at radius 1 is 1.57 bits per heavy atom. The van der Waals surface area contributed by atoms with E-state index in [1.165, 1.54) is 7.11 Å². The molecular weight excluding hydrogens is 183 g/mol. The van der Waals surface area contributed by atoms with Crippen molar-refractivity contribution in [3.63, 3.8) is 0 Å². The van der Waals surface area contributed by atoms with E-state index in [-0.39, 0.29) is 12.6 Å². The van der Waals surface area contributed by atoms with Crippen molar-refractivity contribution in [2.75, 3.05) is 26.8 Å². The van der Waals surface area contributed by atoms with Gasteiger partial charge in [-0.05, 0) is 32.9 Å². The number of rotatable bonds is 8. The summed E-state index contributed by atoms with van der Waals surface area (Å²) in [5, 5.41) is 3.08. The molecule has 0 rings (SSSR count). The van der Waals surface area contributed by atoms with Crippen LogP contribution in [0.3, 0.4) is 0 Å². The normalized spacial score (nSPS) is 17.8. The Kier molecular flexibility index (Phi) is 7.05. The van der Waals surface area contributed by atoms with E-state index in [0.29, 0.717) is 19.4 Å². The minimum atomic E-state index is -1.30. The van der Waals surface area contributed by atoms with Crippen LogP contribution in [0, 0.1) is 0 Å². The van der Waals surface area contributed by atoms with E-state index in [1.807, 2.05) is 13.8 Å². The molecule has 0 bridgehead atoms. The zero-order valence-electron chi connectivity index (χ0n) is 9.48. The number of hydrogen-bond acceptors (Lipinski definition) is 3. The molecule has 0 aromatic carbocycles. The first-order chi connectivity index (χ1) is 6.60. The van der Waals surface area contributed by atoms with Gasteiger partial charge in [-0.1, -0.05) is 6.92 Å². The van der Waals surface area contributed by atoms with Crippen molar-refractivity contribution >= 4 is 0 Å². The van der Waals surface area contributed by atoms with Gasteiger partial charge in [0.15, 0.2) is 0 Å². The van der Waals surface area contributed by atoms with Gasteiger partial charge >= 0.3 is 0 Å². The summed E-state index contributed by atoms with van der Waals surface area (Å²) in [7, 11) is 1.52. The molecule has 0 aromatic rings. The second-order valence-corrected chi connectivity index (χ2v) is 3.64. The van der Waals surface area contributed by atoms with Gasteiger partial charge in [-0.15, -0.1) is 0 Å². The fourth-order valence-corrected chi connectivity index (χ4v) is 1.54. The lowest BCUT2D eigenvalue weighted by atomic mass is 9.93. The Bertz CT molecular complexity index is 146. The molecule has 0 aromatic heterocycles. The summed E-state index contributed by atoms with van der Waals surface area (Å²) in [6.45, 7) is 5.22. The molecule has 2 unspecified atom stereocenters. The molecule has 4 heteroatoms. The monoisotopic (exact) mass is 206 g/mol. The highest BCUT2D eigenvalue weighted by molar-refractivity contribution is 4.89. The fraction of sp³-hybridized carbons (Fsp3) is 1.00. The second-order valence-electron chi connectivity index (χ2n) is 3.64. The van der Waals surface area contributed by atoms with Crippen LogP contribution in [0.25, 0.3) is 0 Å². The van der Waals surface area contributed by atoms with Crippen LogP contribution in [0.2, 0.25) is 0 Å². The van der Waals surface area contributed by atoms with E-state index in [9.17, 15) is 4.39 Å². The van der Waals surface area contributed by atoms with Crippen LogP contribution in [-0.2, 0) is 4.74 Å². The molecule has 0 saturated carbocycles. The molecular formula is C10H23FN2O. The topological polar surface area (TPSA) is 47.3 Å². The average molecular weight is 206 g/mol. The van der Waals surface area contributed by atoms with Gasteiger partial charge < -0.3 is 15.8 Å². The molecule has 3 N–H and O–H groups in total. The van der Waals surface area contributed by atoms with Crippen LogP contribution in [0.4, 0.5) is 4.39 Å². The molecule has 0 heterocycles. The molecule has 0 amide bonds. The number of methoxy groups -OCH3 is 1. The van der Waals surface area contributed by atoms with Gasteiger partial charge in [0.05, 0.1) is 6.61 Å². The Labute approximate surface area is 86.2 Å². The summed E-state index contributed by atoms with van der Waals surface area (Å²) in [4.78, 5) is 0. The minimum Gasteiger partial charge on any atom is -0.381 e. The van der Waals surface area contributed by atoms with Crippen molar-refractivity contribution in [2.45, 2.75) is 38.4 Å². The standard InChI is InChI=1S/C10H23FN2O/c1-4-13-9(2)10(11,8-14-3)6-5-7-12/h9,13H,4-8,12H2,1-3H3. The van der Waals surface area contributed by atoms with E-state index < -0.39 is 5.67 Å². The molecule has 0 radical (unpaired) electrons. The quantitative estimate of drug-likeness (QED) is 0.624. The number of nitrogens with two attached hydrogens (primary N) is 1. The van der Waals surface area contributed by atoms with E-state index in [4.69, 9.17) is 10.5 Å². The Morgan fingerprint density at radius 3 is 2.64 bits per heavy atom. The number of halogens is 1. The lowest BCUT2D eigenvalue weighted by Crippen LogP contribution is -2.49. The molecule has 0 aliphatic heterocycles. The smallest absolute Gasteiger partial charge is 0.149 e. The maximum Gasteiger partial charge on any atom is 0.149 e. The Hall–Kier alpha value is -0.190. The van der Waals surface area contributed by atoms with Gasteiger partial charge in [-0.3, -0.25) is 0 Å². The lowest BCUT2D eigenvalue weighted by Gasteiger charge is -2.31. The van der Waals surface area contributed by atoms with Gasteiger partial charge in [-0.25, -0.2) is 4.39 Å². The highest BCUT2D eigenvalue weighted by Gasteiger charge is 2.35. The lowest BCUT2D eigenvalue weighted by molar-refractivity contribution is 0.00873. The van der Waals surface area contributed by atoms with Crippen LogP contribution in [0.1, 0.15) is 26.7 Å². The molecule has 2 atom stereocenters. The number of alkyl halides is 1. The van der Waals surface area contributed by atoms with Crippen LogP contribution in [-0.4, -0.2) is 38.5 Å². The van der Waals surface area contributed by atoms with Crippen molar-refractivity contribution < 1.29 is 9.13 Å². The fourth-order valence-electron chi connectivity index (χ4n) is 1.54. The summed E-state index contributed by atoms with van der Waals surface area (Å²) in [6, 6.07) is -0.195. The predicted molar refractivity (Wildman–Crippen MR) is 57.1 cm³/mol. The van der Waals surface area contributed by atoms with Gasteiger partial charge in [0.1, 0.15) is 5.67 Å². The third kappa shape index (κ3) is 4.35. The molecule has 0 aliphatic rings. The van der Waals surface area contributed by atoms with Crippen molar-refractivity contribution in [3.8, 4) is 0 Å². The molecule has 0 spiro atoms. The highest BCUT2D eigenvalue weighted by atomic mass is 19.1.